The summed E-state index contributed by atoms with van der Waals surface area (Å²) in [6, 6.07) is 0.203. The molecule has 0 atom stereocenters. The molecule has 0 aliphatic heterocycles. The van der Waals surface area contributed by atoms with Crippen molar-refractivity contribution in [2.24, 2.45) is 0 Å². The van der Waals surface area contributed by atoms with Crippen LogP contribution >= 0.6 is 11.6 Å². The van der Waals surface area contributed by atoms with Crippen molar-refractivity contribution >= 4 is 21.6 Å². The number of hydrogen-bond donors (Lipinski definition) is 0. The van der Waals surface area contributed by atoms with E-state index in [0.29, 0.717) is 6.54 Å². The van der Waals surface area contributed by atoms with Gasteiger partial charge in [0.05, 0.1) is 0 Å². The summed E-state index contributed by atoms with van der Waals surface area (Å²) in [4.78, 5) is 0. The molecule has 0 aromatic rings. The van der Waals surface area contributed by atoms with Crippen LogP contribution in [0.1, 0.15) is 32.6 Å². The Kier molecular flexibility index (Phi) is 4.01. The molecule has 0 N–H and O–H groups in total. The predicted octanol–water partition coefficient (Wildman–Crippen LogP) is 1.78. The van der Waals surface area contributed by atoms with Gasteiger partial charge in [-0.1, -0.05) is 19.8 Å². The van der Waals surface area contributed by atoms with Crippen LogP contribution in [0.25, 0.3) is 0 Å². The molecule has 13 heavy (non-hydrogen) atoms. The molecule has 1 rings (SSSR count). The van der Waals surface area contributed by atoms with E-state index >= 15 is 0 Å². The van der Waals surface area contributed by atoms with Gasteiger partial charge in [-0.3, -0.25) is 0 Å². The summed E-state index contributed by atoms with van der Waals surface area (Å²) in [5.74, 6) is 0. The molecular formula is C8H16ClNO2S. The van der Waals surface area contributed by atoms with Crippen molar-refractivity contribution in [2.75, 3.05) is 11.8 Å². The van der Waals surface area contributed by atoms with Crippen LogP contribution in [0.3, 0.4) is 0 Å². The number of nitrogens with zero attached hydrogens (tertiary/aromatic N) is 1. The lowest BCUT2D eigenvalue weighted by Gasteiger charge is -2.25. The number of rotatable bonds is 4. The predicted molar refractivity (Wildman–Crippen MR) is 54.3 cm³/mol. The minimum absolute atomic E-state index is 0.203. The molecule has 0 aromatic heterocycles. The van der Waals surface area contributed by atoms with Crippen LogP contribution in [0.4, 0.5) is 0 Å². The first-order valence-electron chi connectivity index (χ1n) is 4.67. The zero-order valence-electron chi connectivity index (χ0n) is 7.87. The van der Waals surface area contributed by atoms with Gasteiger partial charge in [0, 0.05) is 12.6 Å². The Hall–Kier alpha value is 0.200. The summed E-state index contributed by atoms with van der Waals surface area (Å²) in [7, 11) is -3.20. The van der Waals surface area contributed by atoms with Crippen LogP contribution in [0.5, 0.6) is 0 Å². The highest BCUT2D eigenvalue weighted by atomic mass is 35.5. The molecule has 0 amide bonds. The van der Waals surface area contributed by atoms with Crippen molar-refractivity contribution in [3.05, 3.63) is 0 Å². The molecule has 1 aliphatic carbocycles. The van der Waals surface area contributed by atoms with E-state index in [1.54, 1.807) is 4.31 Å². The standard InChI is InChI=1S/C8H16ClNO2S/c1-2-10(13(11,12)7-9)8-5-3-4-6-8/h8H,2-7H2,1H3. The normalized spacial score (nSPS) is 19.9. The maximum absolute atomic E-state index is 11.5. The van der Waals surface area contributed by atoms with Crippen LogP contribution in [-0.4, -0.2) is 30.5 Å². The zero-order chi connectivity index (χ0) is 9.90. The summed E-state index contributed by atoms with van der Waals surface area (Å²) in [5, 5.41) is -0.294. The first-order chi connectivity index (χ1) is 6.11. The molecule has 1 fully saturated rings. The van der Waals surface area contributed by atoms with Crippen LogP contribution in [-0.2, 0) is 10.0 Å². The molecule has 5 heteroatoms. The quantitative estimate of drug-likeness (QED) is 0.684. The van der Waals surface area contributed by atoms with E-state index in [2.05, 4.69) is 0 Å². The summed E-state index contributed by atoms with van der Waals surface area (Å²) < 4.78 is 24.6. The third kappa shape index (κ3) is 2.58. The van der Waals surface area contributed by atoms with Gasteiger partial charge in [0.2, 0.25) is 10.0 Å². The topological polar surface area (TPSA) is 37.4 Å². The van der Waals surface area contributed by atoms with Gasteiger partial charge in [-0.2, -0.15) is 4.31 Å². The smallest absolute Gasteiger partial charge is 0.211 e. The van der Waals surface area contributed by atoms with Crippen LogP contribution in [0.15, 0.2) is 0 Å². The second kappa shape index (κ2) is 4.62. The third-order valence-electron chi connectivity index (χ3n) is 2.54. The Morgan fingerprint density at radius 2 is 1.92 bits per heavy atom. The van der Waals surface area contributed by atoms with Gasteiger partial charge >= 0.3 is 0 Å². The van der Waals surface area contributed by atoms with E-state index in [1.165, 1.54) is 0 Å². The minimum Gasteiger partial charge on any atom is -0.211 e. The molecule has 0 saturated heterocycles. The summed E-state index contributed by atoms with van der Waals surface area (Å²) in [6.45, 7) is 2.40. The van der Waals surface area contributed by atoms with Gasteiger partial charge in [0.25, 0.3) is 0 Å². The average Bonchev–Trinajstić information content (AvgIpc) is 2.58. The Morgan fingerprint density at radius 3 is 2.31 bits per heavy atom. The lowest BCUT2D eigenvalue weighted by molar-refractivity contribution is 0.337. The van der Waals surface area contributed by atoms with Crippen molar-refractivity contribution in [1.82, 2.24) is 4.31 Å². The lowest BCUT2D eigenvalue weighted by atomic mass is 10.2. The van der Waals surface area contributed by atoms with Gasteiger partial charge in [0.15, 0.2) is 0 Å². The van der Waals surface area contributed by atoms with Gasteiger partial charge < -0.3 is 0 Å². The maximum atomic E-state index is 11.5. The van der Waals surface area contributed by atoms with Crippen LogP contribution < -0.4 is 0 Å². The second-order valence-corrected chi connectivity index (χ2v) is 5.87. The molecule has 3 nitrogen and oxygen atoms in total. The number of hydrogen-bond acceptors (Lipinski definition) is 2. The van der Waals surface area contributed by atoms with Crippen molar-refractivity contribution in [3.8, 4) is 0 Å². The fraction of sp³-hybridized carbons (Fsp3) is 1.00. The van der Waals surface area contributed by atoms with Gasteiger partial charge in [-0.25, -0.2) is 8.42 Å². The largest absolute Gasteiger partial charge is 0.228 e. The lowest BCUT2D eigenvalue weighted by Crippen LogP contribution is -2.39. The van der Waals surface area contributed by atoms with E-state index in [1.807, 2.05) is 6.92 Å². The molecule has 1 aliphatic rings. The molecule has 0 aromatic carbocycles. The third-order valence-corrected chi connectivity index (χ3v) is 4.91. The Bertz CT molecular complexity index is 247. The number of alkyl halides is 1. The molecule has 0 radical (unpaired) electrons. The average molecular weight is 226 g/mol. The van der Waals surface area contributed by atoms with E-state index in [4.69, 9.17) is 11.6 Å². The number of sulfonamides is 1. The van der Waals surface area contributed by atoms with Crippen molar-refractivity contribution in [2.45, 2.75) is 38.6 Å². The fourth-order valence-corrected chi connectivity index (χ4v) is 3.50. The highest BCUT2D eigenvalue weighted by Gasteiger charge is 2.29. The molecule has 1 saturated carbocycles. The van der Waals surface area contributed by atoms with Gasteiger partial charge in [-0.15, -0.1) is 11.6 Å². The monoisotopic (exact) mass is 225 g/mol. The number of halogens is 1. The second-order valence-electron chi connectivity index (χ2n) is 3.36. The molecule has 0 bridgehead atoms. The molecule has 0 unspecified atom stereocenters. The van der Waals surface area contributed by atoms with Gasteiger partial charge in [0.1, 0.15) is 5.21 Å². The van der Waals surface area contributed by atoms with Crippen molar-refractivity contribution < 1.29 is 8.42 Å². The Labute approximate surface area is 85.1 Å². The SMILES string of the molecule is CCN(C1CCCC1)S(=O)(=O)CCl. The summed E-state index contributed by atoms with van der Waals surface area (Å²) in [5.41, 5.74) is 0. The van der Waals surface area contributed by atoms with Crippen LogP contribution in [0, 0.1) is 0 Å². The highest BCUT2D eigenvalue weighted by Crippen LogP contribution is 2.25. The molecule has 0 heterocycles. The van der Waals surface area contributed by atoms with Crippen LogP contribution in [0.2, 0.25) is 0 Å². The first kappa shape index (κ1) is 11.3. The fourth-order valence-electron chi connectivity index (χ4n) is 1.94. The molecular weight excluding hydrogens is 210 g/mol. The maximum Gasteiger partial charge on any atom is 0.228 e. The highest BCUT2D eigenvalue weighted by molar-refractivity contribution is 7.90. The van der Waals surface area contributed by atoms with Crippen molar-refractivity contribution in [3.63, 3.8) is 0 Å². The summed E-state index contributed by atoms with van der Waals surface area (Å²) >= 11 is 5.42. The van der Waals surface area contributed by atoms with Crippen molar-refractivity contribution in [1.29, 1.82) is 0 Å². The Morgan fingerprint density at radius 1 is 1.38 bits per heavy atom. The van der Waals surface area contributed by atoms with E-state index < -0.39 is 10.0 Å². The van der Waals surface area contributed by atoms with E-state index in [0.717, 1.165) is 25.7 Å². The van der Waals surface area contributed by atoms with E-state index in [-0.39, 0.29) is 11.3 Å². The minimum atomic E-state index is -3.20. The molecule has 78 valence electrons. The first-order valence-corrected chi connectivity index (χ1v) is 6.81. The summed E-state index contributed by atoms with van der Waals surface area (Å²) in [6.07, 6.45) is 4.26. The molecule has 0 spiro atoms. The Balaban J connectivity index is 2.71. The zero-order valence-corrected chi connectivity index (χ0v) is 9.44. The van der Waals surface area contributed by atoms with Gasteiger partial charge in [-0.05, 0) is 12.8 Å². The van der Waals surface area contributed by atoms with E-state index in [9.17, 15) is 8.42 Å².